The van der Waals surface area contributed by atoms with Crippen molar-refractivity contribution in [3.05, 3.63) is 35.4 Å². The van der Waals surface area contributed by atoms with Crippen molar-refractivity contribution in [3.8, 4) is 0 Å². The van der Waals surface area contributed by atoms with E-state index in [9.17, 15) is 4.79 Å². The summed E-state index contributed by atoms with van der Waals surface area (Å²) in [5.41, 5.74) is 7.46. The van der Waals surface area contributed by atoms with Gasteiger partial charge in [-0.2, -0.15) is 0 Å². The minimum atomic E-state index is -0.351. The minimum absolute atomic E-state index is 0.00973. The third-order valence-electron chi connectivity index (χ3n) is 3.11. The molecule has 0 saturated carbocycles. The fraction of sp³-hybridized carbons (Fsp3) is 0.562. The standard InChI is InChI=1S/C16H26N2O2/c1-12-5-7-14(8-6-12)9-15(19)18-13(2)10-20-16(3,4)11-17/h5-8,13H,9-11,17H2,1-4H3,(H,18,19). The van der Waals surface area contributed by atoms with Crippen LogP contribution in [-0.2, 0) is 16.0 Å². The highest BCUT2D eigenvalue weighted by Crippen LogP contribution is 2.07. The number of aryl methyl sites for hydroxylation is 1. The molecule has 0 aliphatic carbocycles. The fourth-order valence-corrected chi connectivity index (χ4v) is 1.67. The van der Waals surface area contributed by atoms with Crippen LogP contribution in [-0.4, -0.2) is 30.7 Å². The third-order valence-corrected chi connectivity index (χ3v) is 3.11. The normalized spacial score (nSPS) is 13.1. The largest absolute Gasteiger partial charge is 0.372 e. The van der Waals surface area contributed by atoms with Crippen molar-refractivity contribution in [2.24, 2.45) is 5.73 Å². The van der Waals surface area contributed by atoms with Crippen molar-refractivity contribution in [3.63, 3.8) is 0 Å². The first-order valence-electron chi connectivity index (χ1n) is 7.01. The first-order valence-corrected chi connectivity index (χ1v) is 7.01. The summed E-state index contributed by atoms with van der Waals surface area (Å²) in [5.74, 6) is 0.00973. The van der Waals surface area contributed by atoms with Crippen molar-refractivity contribution in [2.75, 3.05) is 13.2 Å². The molecule has 0 fully saturated rings. The van der Waals surface area contributed by atoms with Gasteiger partial charge in [0.05, 0.1) is 18.6 Å². The highest BCUT2D eigenvalue weighted by Gasteiger charge is 2.17. The lowest BCUT2D eigenvalue weighted by Gasteiger charge is -2.25. The van der Waals surface area contributed by atoms with Crippen molar-refractivity contribution in [1.82, 2.24) is 5.32 Å². The summed E-state index contributed by atoms with van der Waals surface area (Å²) in [5, 5.41) is 2.93. The molecule has 0 radical (unpaired) electrons. The molecule has 0 spiro atoms. The highest BCUT2D eigenvalue weighted by molar-refractivity contribution is 5.78. The van der Waals surface area contributed by atoms with Crippen LogP contribution in [0.3, 0.4) is 0 Å². The lowest BCUT2D eigenvalue weighted by Crippen LogP contribution is -2.42. The lowest BCUT2D eigenvalue weighted by atomic mass is 10.1. The molecule has 0 saturated heterocycles. The van der Waals surface area contributed by atoms with Gasteiger partial charge in [0.25, 0.3) is 0 Å². The first kappa shape index (κ1) is 16.7. The Morgan fingerprint density at radius 3 is 2.50 bits per heavy atom. The Balaban J connectivity index is 2.36. The number of ether oxygens (including phenoxy) is 1. The summed E-state index contributed by atoms with van der Waals surface area (Å²) in [6.07, 6.45) is 0.394. The van der Waals surface area contributed by atoms with E-state index in [1.54, 1.807) is 0 Å². The quantitative estimate of drug-likeness (QED) is 0.799. The van der Waals surface area contributed by atoms with Crippen LogP contribution in [0, 0.1) is 6.92 Å². The molecule has 1 rings (SSSR count). The van der Waals surface area contributed by atoms with Crippen LogP contribution < -0.4 is 11.1 Å². The molecule has 1 unspecified atom stereocenters. The summed E-state index contributed by atoms with van der Waals surface area (Å²) in [6.45, 7) is 8.75. The Bertz CT molecular complexity index is 427. The first-order chi connectivity index (χ1) is 9.32. The topological polar surface area (TPSA) is 64.3 Å². The van der Waals surface area contributed by atoms with E-state index in [2.05, 4.69) is 5.32 Å². The smallest absolute Gasteiger partial charge is 0.224 e. The van der Waals surface area contributed by atoms with E-state index in [0.717, 1.165) is 5.56 Å². The van der Waals surface area contributed by atoms with Gasteiger partial charge in [0.2, 0.25) is 5.91 Å². The maximum absolute atomic E-state index is 11.9. The molecule has 4 nitrogen and oxygen atoms in total. The van der Waals surface area contributed by atoms with E-state index in [1.165, 1.54) is 5.56 Å². The number of amides is 1. The molecule has 0 aliphatic rings. The number of nitrogens with two attached hydrogens (primary N) is 1. The molecule has 3 N–H and O–H groups in total. The predicted molar refractivity (Wildman–Crippen MR) is 81.6 cm³/mol. The summed E-state index contributed by atoms with van der Waals surface area (Å²) >= 11 is 0. The maximum atomic E-state index is 11.9. The number of nitrogens with one attached hydrogen (secondary N) is 1. The monoisotopic (exact) mass is 278 g/mol. The molecule has 0 aliphatic heterocycles. The number of hydrogen-bond donors (Lipinski definition) is 2. The highest BCUT2D eigenvalue weighted by atomic mass is 16.5. The number of hydrogen-bond acceptors (Lipinski definition) is 3. The zero-order valence-corrected chi connectivity index (χ0v) is 12.9. The molecule has 1 aromatic rings. The second-order valence-corrected chi connectivity index (χ2v) is 5.91. The van der Waals surface area contributed by atoms with Crippen LogP contribution in [0.15, 0.2) is 24.3 Å². The third kappa shape index (κ3) is 6.17. The van der Waals surface area contributed by atoms with Crippen LogP contribution in [0.1, 0.15) is 31.9 Å². The minimum Gasteiger partial charge on any atom is -0.372 e. The summed E-state index contributed by atoms with van der Waals surface area (Å²) in [4.78, 5) is 11.9. The van der Waals surface area contributed by atoms with Gasteiger partial charge in [-0.15, -0.1) is 0 Å². The summed E-state index contributed by atoms with van der Waals surface area (Å²) < 4.78 is 5.67. The van der Waals surface area contributed by atoms with Crippen molar-refractivity contribution >= 4 is 5.91 Å². The Morgan fingerprint density at radius 2 is 1.95 bits per heavy atom. The Labute approximate surface area is 121 Å². The molecular weight excluding hydrogens is 252 g/mol. The molecule has 4 heteroatoms. The SMILES string of the molecule is Cc1ccc(CC(=O)NC(C)COC(C)(C)CN)cc1. The predicted octanol–water partition coefficient (Wildman–Crippen LogP) is 1.80. The molecule has 0 aromatic heterocycles. The van der Waals surface area contributed by atoms with E-state index in [4.69, 9.17) is 10.5 Å². The Kier molecular flexibility index (Phi) is 6.17. The van der Waals surface area contributed by atoms with Crippen LogP contribution in [0.25, 0.3) is 0 Å². The van der Waals surface area contributed by atoms with Gasteiger partial charge >= 0.3 is 0 Å². The molecule has 1 atom stereocenters. The number of benzene rings is 1. The second kappa shape index (κ2) is 7.41. The number of rotatable bonds is 7. The van der Waals surface area contributed by atoms with Gasteiger partial charge in [0.15, 0.2) is 0 Å². The van der Waals surface area contributed by atoms with Gasteiger partial charge in [-0.05, 0) is 33.3 Å². The van der Waals surface area contributed by atoms with Crippen LogP contribution in [0.4, 0.5) is 0 Å². The van der Waals surface area contributed by atoms with Gasteiger partial charge in [-0.3, -0.25) is 4.79 Å². The molecule has 112 valence electrons. The van der Waals surface area contributed by atoms with Gasteiger partial charge in [0.1, 0.15) is 0 Å². The van der Waals surface area contributed by atoms with E-state index >= 15 is 0 Å². The Morgan fingerprint density at radius 1 is 1.35 bits per heavy atom. The molecule has 1 amide bonds. The zero-order chi connectivity index (χ0) is 15.2. The van der Waals surface area contributed by atoms with Crippen LogP contribution in [0.2, 0.25) is 0 Å². The second-order valence-electron chi connectivity index (χ2n) is 5.91. The van der Waals surface area contributed by atoms with Gasteiger partial charge in [-0.1, -0.05) is 29.8 Å². The van der Waals surface area contributed by atoms with E-state index in [-0.39, 0.29) is 17.6 Å². The van der Waals surface area contributed by atoms with Gasteiger partial charge in [0, 0.05) is 12.6 Å². The van der Waals surface area contributed by atoms with Crippen molar-refractivity contribution in [2.45, 2.75) is 45.8 Å². The van der Waals surface area contributed by atoms with Crippen LogP contribution in [0.5, 0.6) is 0 Å². The molecule has 20 heavy (non-hydrogen) atoms. The average molecular weight is 278 g/mol. The zero-order valence-electron chi connectivity index (χ0n) is 12.9. The van der Waals surface area contributed by atoms with E-state index in [1.807, 2.05) is 52.0 Å². The van der Waals surface area contributed by atoms with Crippen molar-refractivity contribution < 1.29 is 9.53 Å². The molecule has 0 heterocycles. The maximum Gasteiger partial charge on any atom is 0.224 e. The van der Waals surface area contributed by atoms with Gasteiger partial charge in [-0.25, -0.2) is 0 Å². The number of carbonyl (C=O) groups excluding carboxylic acids is 1. The van der Waals surface area contributed by atoms with E-state index < -0.39 is 0 Å². The molecule has 1 aromatic carbocycles. The fourth-order valence-electron chi connectivity index (χ4n) is 1.67. The Hall–Kier alpha value is -1.39. The van der Waals surface area contributed by atoms with Gasteiger partial charge < -0.3 is 15.8 Å². The summed E-state index contributed by atoms with van der Waals surface area (Å²) in [6, 6.07) is 7.96. The lowest BCUT2D eigenvalue weighted by molar-refractivity contribution is -0.122. The number of carbonyl (C=O) groups is 1. The van der Waals surface area contributed by atoms with Crippen molar-refractivity contribution in [1.29, 1.82) is 0 Å². The van der Waals surface area contributed by atoms with E-state index in [0.29, 0.717) is 19.6 Å². The molecule has 0 bridgehead atoms. The average Bonchev–Trinajstić information content (AvgIpc) is 2.39. The summed E-state index contributed by atoms with van der Waals surface area (Å²) in [7, 11) is 0. The van der Waals surface area contributed by atoms with Crippen LogP contribution >= 0.6 is 0 Å². The molecular formula is C16H26N2O2.